The Kier molecular flexibility index (Phi) is 4.35. The number of phenols is 2. The SMILES string of the molecule is O=C1CC(c2ccc3nccnc3c2)c2c(cc(O)c3c(=O)c(-c4ccc(O)cc4)coc23)O1. The Balaban J connectivity index is 1.60. The lowest BCUT2D eigenvalue weighted by atomic mass is 9.84. The van der Waals surface area contributed by atoms with Crippen LogP contribution in [0.4, 0.5) is 0 Å². The number of carbonyl (C=O) groups is 1. The van der Waals surface area contributed by atoms with Gasteiger partial charge in [-0.3, -0.25) is 19.6 Å². The second-order valence-electron chi connectivity index (χ2n) is 8.07. The van der Waals surface area contributed by atoms with Crippen molar-refractivity contribution in [3.63, 3.8) is 0 Å². The number of ether oxygens (including phenoxy) is 1. The van der Waals surface area contributed by atoms with Gasteiger partial charge in [0.15, 0.2) is 0 Å². The van der Waals surface area contributed by atoms with Crippen LogP contribution in [-0.4, -0.2) is 26.2 Å². The van der Waals surface area contributed by atoms with E-state index < -0.39 is 17.3 Å². The maximum absolute atomic E-state index is 13.4. The molecule has 2 N–H and O–H groups in total. The number of hydrogen-bond donors (Lipinski definition) is 2. The number of nitrogens with zero attached hydrogens (tertiary/aromatic N) is 2. The number of aromatic nitrogens is 2. The molecule has 0 amide bonds. The predicted octanol–water partition coefficient (Wildman–Crippen LogP) is 4.26. The third kappa shape index (κ3) is 3.07. The highest BCUT2D eigenvalue weighted by Gasteiger charge is 2.33. The van der Waals surface area contributed by atoms with Crippen molar-refractivity contribution in [3.05, 3.63) is 88.5 Å². The summed E-state index contributed by atoms with van der Waals surface area (Å²) in [5, 5.41) is 20.2. The molecule has 3 heterocycles. The van der Waals surface area contributed by atoms with Crippen LogP contribution in [0, 0.1) is 0 Å². The minimum atomic E-state index is -0.478. The molecule has 0 bridgehead atoms. The zero-order valence-electron chi connectivity index (χ0n) is 17.6. The zero-order valence-corrected chi connectivity index (χ0v) is 17.6. The van der Waals surface area contributed by atoms with E-state index in [4.69, 9.17) is 9.15 Å². The van der Waals surface area contributed by atoms with Crippen LogP contribution in [0.2, 0.25) is 0 Å². The molecule has 0 aliphatic carbocycles. The Hall–Kier alpha value is -4.72. The van der Waals surface area contributed by atoms with Crippen LogP contribution in [0.3, 0.4) is 0 Å². The lowest BCUT2D eigenvalue weighted by Gasteiger charge is -2.26. The van der Waals surface area contributed by atoms with E-state index in [1.807, 2.05) is 18.2 Å². The van der Waals surface area contributed by atoms with E-state index >= 15 is 0 Å². The van der Waals surface area contributed by atoms with Crippen LogP contribution in [0.1, 0.15) is 23.5 Å². The Morgan fingerprint density at radius 1 is 0.912 bits per heavy atom. The van der Waals surface area contributed by atoms with Gasteiger partial charge < -0.3 is 19.4 Å². The van der Waals surface area contributed by atoms with Gasteiger partial charge in [-0.1, -0.05) is 18.2 Å². The van der Waals surface area contributed by atoms with Crippen molar-refractivity contribution in [3.8, 4) is 28.4 Å². The largest absolute Gasteiger partial charge is 0.508 e. The zero-order chi connectivity index (χ0) is 23.4. The molecular formula is C26H16N2O6. The van der Waals surface area contributed by atoms with Crippen LogP contribution in [0.25, 0.3) is 33.1 Å². The number of aromatic hydroxyl groups is 2. The summed E-state index contributed by atoms with van der Waals surface area (Å²) in [4.78, 5) is 34.4. The number of carbonyl (C=O) groups excluding carboxylic acids is 1. The van der Waals surface area contributed by atoms with Gasteiger partial charge in [-0.15, -0.1) is 0 Å². The number of rotatable bonds is 2. The number of phenolic OH excluding ortho intramolecular Hbond substituents is 2. The maximum atomic E-state index is 13.4. The van der Waals surface area contributed by atoms with E-state index in [0.717, 1.165) is 5.56 Å². The van der Waals surface area contributed by atoms with Gasteiger partial charge in [0.25, 0.3) is 0 Å². The van der Waals surface area contributed by atoms with Crippen molar-refractivity contribution >= 4 is 28.0 Å². The molecule has 0 radical (unpaired) electrons. The van der Waals surface area contributed by atoms with Crippen LogP contribution < -0.4 is 10.2 Å². The van der Waals surface area contributed by atoms with Crippen molar-refractivity contribution in [1.82, 2.24) is 9.97 Å². The first-order chi connectivity index (χ1) is 16.5. The third-order valence-corrected chi connectivity index (χ3v) is 6.04. The Morgan fingerprint density at radius 3 is 2.47 bits per heavy atom. The van der Waals surface area contributed by atoms with Crippen LogP contribution in [0.5, 0.6) is 17.2 Å². The van der Waals surface area contributed by atoms with Crippen molar-refractivity contribution in [1.29, 1.82) is 0 Å². The summed E-state index contributed by atoms with van der Waals surface area (Å²) in [5.41, 5.74) is 3.14. The quantitative estimate of drug-likeness (QED) is 0.301. The summed E-state index contributed by atoms with van der Waals surface area (Å²) in [6.45, 7) is 0. The maximum Gasteiger partial charge on any atom is 0.312 e. The van der Waals surface area contributed by atoms with Gasteiger partial charge in [-0.05, 0) is 35.4 Å². The van der Waals surface area contributed by atoms with Gasteiger partial charge in [0.2, 0.25) is 5.43 Å². The van der Waals surface area contributed by atoms with Crippen molar-refractivity contribution in [2.75, 3.05) is 0 Å². The first-order valence-electron chi connectivity index (χ1n) is 10.5. The summed E-state index contributed by atoms with van der Waals surface area (Å²) < 4.78 is 11.3. The van der Waals surface area contributed by atoms with Gasteiger partial charge in [0.05, 0.1) is 23.0 Å². The molecule has 3 aromatic carbocycles. The van der Waals surface area contributed by atoms with Crippen LogP contribution in [0.15, 0.2) is 76.4 Å². The van der Waals surface area contributed by atoms with E-state index in [1.54, 1.807) is 24.5 Å². The van der Waals surface area contributed by atoms with E-state index in [2.05, 4.69) is 9.97 Å². The third-order valence-electron chi connectivity index (χ3n) is 6.04. The number of benzene rings is 3. The van der Waals surface area contributed by atoms with Gasteiger partial charge in [-0.2, -0.15) is 0 Å². The van der Waals surface area contributed by atoms with Gasteiger partial charge in [-0.25, -0.2) is 0 Å². The number of esters is 1. The van der Waals surface area contributed by atoms with Gasteiger partial charge in [0, 0.05) is 29.9 Å². The standard InChI is InChI=1S/C26H16N2O6/c29-15-4-1-13(2-5-15)17-12-33-26-23-16(14-3-6-18-19(9-14)28-8-7-27-18)10-22(31)34-21(23)11-20(30)24(26)25(17)32/h1-9,11-12,16,29-30H,10H2. The molecule has 0 fully saturated rings. The van der Waals surface area contributed by atoms with Crippen molar-refractivity contribution in [2.45, 2.75) is 12.3 Å². The van der Waals surface area contributed by atoms with Crippen LogP contribution >= 0.6 is 0 Å². The fourth-order valence-electron chi connectivity index (χ4n) is 4.45. The molecule has 1 aliphatic rings. The van der Waals surface area contributed by atoms with Crippen LogP contribution in [-0.2, 0) is 4.79 Å². The molecule has 34 heavy (non-hydrogen) atoms. The second-order valence-corrected chi connectivity index (χ2v) is 8.07. The fraction of sp³-hybridized carbons (Fsp3) is 0.0769. The monoisotopic (exact) mass is 452 g/mol. The van der Waals surface area contributed by atoms with E-state index in [1.165, 1.54) is 24.5 Å². The number of fused-ring (bicyclic) bond motifs is 4. The molecular weight excluding hydrogens is 436 g/mol. The highest BCUT2D eigenvalue weighted by molar-refractivity contribution is 5.94. The van der Waals surface area contributed by atoms with E-state index in [-0.39, 0.29) is 40.2 Å². The minimum absolute atomic E-state index is 0.00662. The summed E-state index contributed by atoms with van der Waals surface area (Å²) in [6.07, 6.45) is 4.54. The molecule has 1 aliphatic heterocycles. The highest BCUT2D eigenvalue weighted by Crippen LogP contribution is 2.45. The molecule has 0 saturated carbocycles. The van der Waals surface area contributed by atoms with Crippen molar-refractivity contribution in [2.24, 2.45) is 0 Å². The predicted molar refractivity (Wildman–Crippen MR) is 123 cm³/mol. The molecule has 2 aromatic heterocycles. The average Bonchev–Trinajstić information content (AvgIpc) is 2.84. The molecule has 8 heteroatoms. The summed E-state index contributed by atoms with van der Waals surface area (Å²) >= 11 is 0. The topological polar surface area (TPSA) is 123 Å². The van der Waals surface area contributed by atoms with E-state index in [9.17, 15) is 19.8 Å². The molecule has 0 saturated heterocycles. The molecule has 5 aromatic rings. The fourth-order valence-corrected chi connectivity index (χ4v) is 4.45. The molecule has 6 rings (SSSR count). The smallest absolute Gasteiger partial charge is 0.312 e. The van der Waals surface area contributed by atoms with E-state index in [0.29, 0.717) is 22.2 Å². The molecule has 166 valence electrons. The van der Waals surface area contributed by atoms with Crippen molar-refractivity contribution < 1.29 is 24.2 Å². The normalized spacial score (nSPS) is 15.3. The van der Waals surface area contributed by atoms with Gasteiger partial charge >= 0.3 is 5.97 Å². The summed E-state index contributed by atoms with van der Waals surface area (Å²) in [5.74, 6) is -1.07. The average molecular weight is 452 g/mol. The first kappa shape index (κ1) is 19.9. The molecule has 1 atom stereocenters. The molecule has 8 nitrogen and oxygen atoms in total. The minimum Gasteiger partial charge on any atom is -0.508 e. The summed E-state index contributed by atoms with van der Waals surface area (Å²) in [6, 6.07) is 12.9. The number of hydrogen-bond acceptors (Lipinski definition) is 8. The lowest BCUT2D eigenvalue weighted by molar-refractivity contribution is -0.135. The Bertz CT molecular complexity index is 1670. The molecule has 0 spiro atoms. The lowest BCUT2D eigenvalue weighted by Crippen LogP contribution is -2.22. The van der Waals surface area contributed by atoms with Gasteiger partial charge in [0.1, 0.15) is 34.5 Å². The Morgan fingerprint density at radius 2 is 1.68 bits per heavy atom. The first-order valence-corrected chi connectivity index (χ1v) is 10.5. The second kappa shape index (κ2) is 7.41. The molecule has 1 unspecified atom stereocenters. The highest BCUT2D eigenvalue weighted by atomic mass is 16.5. The Labute approximate surface area is 191 Å². The summed E-state index contributed by atoms with van der Waals surface area (Å²) in [7, 11) is 0.